The minimum atomic E-state index is -0.883. The molecule has 0 spiro atoms. The smallest absolute Gasteiger partial charge is 0.337 e. The Bertz CT molecular complexity index is 409. The van der Waals surface area contributed by atoms with Crippen LogP contribution in [-0.2, 0) is 0 Å². The van der Waals surface area contributed by atoms with Crippen LogP contribution in [0, 0.1) is 20.8 Å². The van der Waals surface area contributed by atoms with Gasteiger partial charge in [0, 0.05) is 5.69 Å². The van der Waals surface area contributed by atoms with Crippen LogP contribution in [-0.4, -0.2) is 16.1 Å². The van der Waals surface area contributed by atoms with Gasteiger partial charge in [0.25, 0.3) is 0 Å². The van der Waals surface area contributed by atoms with Crippen LogP contribution in [0.25, 0.3) is 0 Å². The molecule has 0 fully saturated rings. The number of rotatable bonds is 2. The summed E-state index contributed by atoms with van der Waals surface area (Å²) in [5, 5.41) is 9.17. The fourth-order valence-corrected chi connectivity index (χ4v) is 1.66. The summed E-state index contributed by atoms with van der Waals surface area (Å²) in [6.07, 6.45) is 0. The van der Waals surface area contributed by atoms with E-state index in [1.165, 1.54) is 0 Å². The van der Waals surface area contributed by atoms with Gasteiger partial charge in [-0.2, -0.15) is 0 Å². The van der Waals surface area contributed by atoms with Crippen molar-refractivity contribution >= 4 is 5.97 Å². The molecular weight excluding hydrogens is 190 g/mol. The van der Waals surface area contributed by atoms with Gasteiger partial charge in [-0.15, -0.1) is 0 Å². The quantitative estimate of drug-likeness (QED) is 0.811. The molecule has 0 aliphatic heterocycles. The summed E-state index contributed by atoms with van der Waals surface area (Å²) in [5.74, 6) is -0.749. The van der Waals surface area contributed by atoms with E-state index >= 15 is 0 Å². The number of aromatic nitrogens is 1. The van der Waals surface area contributed by atoms with E-state index in [1.807, 2.05) is 34.6 Å². The molecule has 1 aromatic heterocycles. The Hall–Kier alpha value is -1.38. The van der Waals surface area contributed by atoms with E-state index in [0.717, 1.165) is 16.8 Å². The Morgan fingerprint density at radius 3 is 2.13 bits per heavy atom. The second kappa shape index (κ2) is 4.01. The van der Waals surface area contributed by atoms with Gasteiger partial charge in [-0.3, -0.25) is 4.98 Å². The van der Waals surface area contributed by atoms with Crippen LogP contribution in [0.4, 0.5) is 0 Å². The number of carboxylic acids is 1. The zero-order chi connectivity index (χ0) is 11.7. The number of hydrogen-bond acceptors (Lipinski definition) is 2. The van der Waals surface area contributed by atoms with Crippen LogP contribution in [0.2, 0.25) is 0 Å². The van der Waals surface area contributed by atoms with Crippen molar-refractivity contribution in [3.63, 3.8) is 0 Å². The van der Waals surface area contributed by atoms with Gasteiger partial charge < -0.3 is 5.11 Å². The number of aryl methyl sites for hydroxylation is 1. The maximum absolute atomic E-state index is 11.2. The molecule has 0 aromatic carbocycles. The lowest BCUT2D eigenvalue weighted by atomic mass is 9.95. The molecule has 0 saturated carbocycles. The molecule has 1 heterocycles. The number of nitrogens with zero attached hydrogens (tertiary/aromatic N) is 1. The number of aromatic carboxylic acids is 1. The normalized spacial score (nSPS) is 10.8. The number of pyridine rings is 1. The zero-order valence-corrected chi connectivity index (χ0v) is 9.88. The van der Waals surface area contributed by atoms with E-state index in [0.29, 0.717) is 11.3 Å². The summed E-state index contributed by atoms with van der Waals surface area (Å²) >= 11 is 0. The third-order valence-corrected chi connectivity index (χ3v) is 2.79. The van der Waals surface area contributed by atoms with Crippen LogP contribution in [0.5, 0.6) is 0 Å². The summed E-state index contributed by atoms with van der Waals surface area (Å²) in [6, 6.07) is 0. The van der Waals surface area contributed by atoms with Gasteiger partial charge in [-0.1, -0.05) is 13.8 Å². The molecule has 0 unspecified atom stereocenters. The van der Waals surface area contributed by atoms with E-state index in [1.54, 1.807) is 0 Å². The molecule has 0 aliphatic carbocycles. The highest BCUT2D eigenvalue weighted by Gasteiger charge is 2.19. The second-order valence-corrected chi connectivity index (χ2v) is 4.17. The fourth-order valence-electron chi connectivity index (χ4n) is 1.66. The molecule has 1 N–H and O–H groups in total. The van der Waals surface area contributed by atoms with Gasteiger partial charge in [0.2, 0.25) is 0 Å². The predicted molar refractivity (Wildman–Crippen MR) is 59.5 cm³/mol. The fraction of sp³-hybridized carbons (Fsp3) is 0.500. The first-order valence-corrected chi connectivity index (χ1v) is 5.07. The monoisotopic (exact) mass is 207 g/mol. The van der Waals surface area contributed by atoms with E-state index in [9.17, 15) is 9.90 Å². The largest absolute Gasteiger partial charge is 0.478 e. The van der Waals surface area contributed by atoms with E-state index in [-0.39, 0.29) is 5.92 Å². The van der Waals surface area contributed by atoms with Gasteiger partial charge in [0.15, 0.2) is 0 Å². The standard InChI is InChI=1S/C12H17NO2/c1-6(2)11-10(12(14)15)8(4)7(3)9(5)13-11/h6H,1-5H3,(H,14,15). The molecule has 1 aromatic rings. The average Bonchev–Trinajstić information content (AvgIpc) is 2.12. The summed E-state index contributed by atoms with van der Waals surface area (Å²) < 4.78 is 0. The predicted octanol–water partition coefficient (Wildman–Crippen LogP) is 2.83. The topological polar surface area (TPSA) is 50.2 Å². The Labute approximate surface area is 90.2 Å². The molecule has 82 valence electrons. The first-order valence-electron chi connectivity index (χ1n) is 5.07. The highest BCUT2D eigenvalue weighted by atomic mass is 16.4. The van der Waals surface area contributed by atoms with Crippen molar-refractivity contribution in [2.75, 3.05) is 0 Å². The number of carboxylic acid groups (broad SMARTS) is 1. The van der Waals surface area contributed by atoms with Crippen LogP contribution in [0.1, 0.15) is 52.6 Å². The summed E-state index contributed by atoms with van der Waals surface area (Å²) in [5.41, 5.74) is 3.77. The molecule has 0 saturated heterocycles. The Kier molecular flexibility index (Phi) is 3.12. The Morgan fingerprint density at radius 1 is 1.20 bits per heavy atom. The molecular formula is C12H17NO2. The molecule has 3 nitrogen and oxygen atoms in total. The van der Waals surface area contributed by atoms with Gasteiger partial charge in [0.1, 0.15) is 0 Å². The average molecular weight is 207 g/mol. The lowest BCUT2D eigenvalue weighted by Crippen LogP contribution is -2.12. The Balaban J connectivity index is 3.58. The number of carbonyl (C=O) groups is 1. The van der Waals surface area contributed by atoms with E-state index < -0.39 is 5.97 Å². The molecule has 1 rings (SSSR count). The highest BCUT2D eigenvalue weighted by Crippen LogP contribution is 2.24. The van der Waals surface area contributed by atoms with Crippen LogP contribution in [0.15, 0.2) is 0 Å². The molecule has 0 radical (unpaired) electrons. The van der Waals surface area contributed by atoms with Gasteiger partial charge >= 0.3 is 5.97 Å². The van der Waals surface area contributed by atoms with E-state index in [4.69, 9.17) is 0 Å². The SMILES string of the molecule is Cc1nc(C(C)C)c(C(=O)O)c(C)c1C. The third kappa shape index (κ3) is 2.01. The molecule has 0 bridgehead atoms. The van der Waals surface area contributed by atoms with Crippen LogP contribution < -0.4 is 0 Å². The van der Waals surface area contributed by atoms with Crippen molar-refractivity contribution in [2.45, 2.75) is 40.5 Å². The molecule has 0 amide bonds. The maximum atomic E-state index is 11.2. The van der Waals surface area contributed by atoms with Crippen molar-refractivity contribution in [3.8, 4) is 0 Å². The zero-order valence-electron chi connectivity index (χ0n) is 9.88. The first kappa shape index (κ1) is 11.7. The number of hydrogen-bond donors (Lipinski definition) is 1. The lowest BCUT2D eigenvalue weighted by Gasteiger charge is -2.15. The lowest BCUT2D eigenvalue weighted by molar-refractivity contribution is 0.0693. The minimum absolute atomic E-state index is 0.133. The molecule has 15 heavy (non-hydrogen) atoms. The second-order valence-electron chi connectivity index (χ2n) is 4.17. The highest BCUT2D eigenvalue weighted by molar-refractivity contribution is 5.91. The molecule has 0 atom stereocenters. The van der Waals surface area contributed by atoms with Crippen molar-refractivity contribution in [3.05, 3.63) is 28.1 Å². The van der Waals surface area contributed by atoms with Crippen molar-refractivity contribution in [1.82, 2.24) is 4.98 Å². The summed E-state index contributed by atoms with van der Waals surface area (Å²) in [6.45, 7) is 9.60. The molecule has 3 heteroatoms. The van der Waals surface area contributed by atoms with Crippen molar-refractivity contribution in [2.24, 2.45) is 0 Å². The maximum Gasteiger partial charge on any atom is 0.337 e. The van der Waals surface area contributed by atoms with Crippen molar-refractivity contribution < 1.29 is 9.90 Å². The van der Waals surface area contributed by atoms with Crippen LogP contribution >= 0.6 is 0 Å². The summed E-state index contributed by atoms with van der Waals surface area (Å²) in [7, 11) is 0. The van der Waals surface area contributed by atoms with Gasteiger partial charge in [-0.25, -0.2) is 4.79 Å². The van der Waals surface area contributed by atoms with Crippen molar-refractivity contribution in [1.29, 1.82) is 0 Å². The minimum Gasteiger partial charge on any atom is -0.478 e. The van der Waals surface area contributed by atoms with Crippen LogP contribution in [0.3, 0.4) is 0 Å². The Morgan fingerprint density at radius 2 is 1.73 bits per heavy atom. The van der Waals surface area contributed by atoms with Gasteiger partial charge in [0.05, 0.1) is 11.3 Å². The van der Waals surface area contributed by atoms with E-state index in [2.05, 4.69) is 4.98 Å². The molecule has 0 aliphatic rings. The first-order chi connectivity index (χ1) is 6.86. The summed E-state index contributed by atoms with van der Waals surface area (Å²) in [4.78, 5) is 15.5. The van der Waals surface area contributed by atoms with Gasteiger partial charge in [-0.05, 0) is 37.8 Å². The third-order valence-electron chi connectivity index (χ3n) is 2.79.